The molecule has 1 N–H and O–H groups in total. The molecule has 11 heteroatoms. The number of hydrogen-bond donors (Lipinski definition) is 0. The number of aliphatic imine (C=N–C) groups is 2. The molecule has 2 aliphatic rings. The van der Waals surface area contributed by atoms with Gasteiger partial charge in [-0.2, -0.15) is 0 Å². The van der Waals surface area contributed by atoms with Gasteiger partial charge in [0.05, 0.1) is 13.1 Å². The van der Waals surface area contributed by atoms with Crippen molar-refractivity contribution >= 4 is 104 Å². The minimum absolute atomic E-state index is 0. The summed E-state index contributed by atoms with van der Waals surface area (Å²) in [6.07, 6.45) is 0. The van der Waals surface area contributed by atoms with Crippen LogP contribution in [0.15, 0.2) is 55.3 Å². The van der Waals surface area contributed by atoms with E-state index in [0.29, 0.717) is 6.07 Å². The van der Waals surface area contributed by atoms with Crippen LogP contribution in [0.4, 0.5) is 0 Å². The van der Waals surface area contributed by atoms with Gasteiger partial charge in [0.15, 0.2) is 0 Å². The molecule has 0 bridgehead atoms. The topological polar surface area (TPSA) is 64.0 Å². The van der Waals surface area contributed by atoms with Gasteiger partial charge in [-0.25, -0.2) is 0 Å². The van der Waals surface area contributed by atoms with Crippen LogP contribution in [0.2, 0.25) is 25.7 Å². The van der Waals surface area contributed by atoms with Gasteiger partial charge in [0.2, 0.25) is 0 Å². The molecule has 176 valence electrons. The fourth-order valence-electron chi connectivity index (χ4n) is 2.67. The third-order valence-corrected chi connectivity index (χ3v) is 9.13. The van der Waals surface area contributed by atoms with E-state index < -0.39 is 8.07 Å². The van der Waals surface area contributed by atoms with E-state index in [2.05, 4.69) is 143 Å². The zero-order valence-electron chi connectivity index (χ0n) is 19.1. The number of hydrogen-bond acceptors (Lipinski definition) is 4. The van der Waals surface area contributed by atoms with Gasteiger partial charge in [0.1, 0.15) is 13.5 Å². The first kappa shape index (κ1) is 35.3. The molecule has 0 radical (unpaired) electrons. The van der Waals surface area contributed by atoms with Crippen LogP contribution in [0.3, 0.4) is 0 Å². The number of benzene rings is 2. The summed E-state index contributed by atoms with van der Waals surface area (Å²) in [5, 5.41) is 0. The summed E-state index contributed by atoms with van der Waals surface area (Å²) in [5.74, 6) is 0. The second-order valence-corrected chi connectivity index (χ2v) is 17.9. The van der Waals surface area contributed by atoms with Crippen LogP contribution in [0.1, 0.15) is 22.3 Å². The fourth-order valence-corrected chi connectivity index (χ4v) is 5.60. The normalized spacial score (nSPS) is 13.0. The maximum absolute atomic E-state index is 5.32. The SMILES string of the molecule is Brc1ccc2c(c1)C(I)=NC2.Brc1ccc2c(c1)C(I)=NC2.C[Si](C)(C)CCOCCl.[K+].[OH-]. The van der Waals surface area contributed by atoms with E-state index in [4.69, 9.17) is 16.3 Å². The first-order valence-electron chi connectivity index (χ1n) is 9.72. The van der Waals surface area contributed by atoms with E-state index in [1.807, 2.05) is 0 Å². The van der Waals surface area contributed by atoms with Crippen LogP contribution < -0.4 is 51.4 Å². The minimum atomic E-state index is -0.878. The molecule has 0 aliphatic carbocycles. The Kier molecular flexibility index (Phi) is 18.9. The van der Waals surface area contributed by atoms with E-state index in [0.717, 1.165) is 36.1 Å². The van der Waals surface area contributed by atoms with Crippen molar-refractivity contribution in [2.75, 3.05) is 12.7 Å². The molecular formula is C22H26Br2ClI2KN2O2Si. The molecule has 4 nitrogen and oxygen atoms in total. The molecule has 2 aromatic rings. The summed E-state index contributed by atoms with van der Waals surface area (Å²) in [6.45, 7) is 9.50. The molecule has 0 aromatic heterocycles. The molecule has 0 unspecified atom stereocenters. The number of rotatable bonds is 4. The molecule has 0 fully saturated rings. The Hall–Kier alpha value is 2.26. The van der Waals surface area contributed by atoms with Crippen molar-refractivity contribution in [3.63, 3.8) is 0 Å². The van der Waals surface area contributed by atoms with Crippen LogP contribution in [0, 0.1) is 0 Å². The van der Waals surface area contributed by atoms with Gasteiger partial charge in [0.25, 0.3) is 0 Å². The molecule has 2 aromatic carbocycles. The van der Waals surface area contributed by atoms with Crippen LogP contribution in [-0.2, 0) is 17.8 Å². The Balaban J connectivity index is 0.000000456. The van der Waals surface area contributed by atoms with E-state index in [1.165, 1.54) is 28.3 Å². The second kappa shape index (κ2) is 17.7. The number of alkyl halides is 1. The van der Waals surface area contributed by atoms with Gasteiger partial charge in [-0.05, 0) is 86.6 Å². The average molecular weight is 867 g/mol. The fraction of sp³-hybridized carbons (Fsp3) is 0.364. The van der Waals surface area contributed by atoms with Gasteiger partial charge in [-0.15, -0.1) is 0 Å². The standard InChI is InChI=1S/2C8H5BrIN.C6H15ClOSi.K.H2O/c2*9-6-2-1-5-4-11-8(10)7(5)3-6;1-9(2,3)5-4-8-6-7;;/h2*1-3H,4H2;4-6H2,1-3H3;;1H2/q;;;+1;/p-1. The van der Waals surface area contributed by atoms with Crippen LogP contribution in [0.25, 0.3) is 0 Å². The zero-order chi connectivity index (χ0) is 23.0. The van der Waals surface area contributed by atoms with Crippen molar-refractivity contribution in [2.24, 2.45) is 9.98 Å². The van der Waals surface area contributed by atoms with Gasteiger partial charge in [-0.3, -0.25) is 9.98 Å². The summed E-state index contributed by atoms with van der Waals surface area (Å²) in [5.41, 5.74) is 5.22. The Morgan fingerprint density at radius 2 is 1.33 bits per heavy atom. The summed E-state index contributed by atoms with van der Waals surface area (Å²) >= 11 is 16.7. The van der Waals surface area contributed by atoms with E-state index in [-0.39, 0.29) is 56.9 Å². The molecule has 0 atom stereocenters. The molecule has 33 heavy (non-hydrogen) atoms. The van der Waals surface area contributed by atoms with Gasteiger partial charge >= 0.3 is 51.4 Å². The van der Waals surface area contributed by atoms with Crippen molar-refractivity contribution in [3.05, 3.63) is 67.6 Å². The van der Waals surface area contributed by atoms with Gasteiger partial charge in [-0.1, -0.05) is 75.2 Å². The molecule has 0 saturated carbocycles. The van der Waals surface area contributed by atoms with Gasteiger partial charge in [0, 0.05) is 34.8 Å². The molecule has 0 saturated heterocycles. The first-order chi connectivity index (χ1) is 14.6. The maximum atomic E-state index is 5.32. The zero-order valence-corrected chi connectivity index (χ0v) is 31.5. The van der Waals surface area contributed by atoms with E-state index in [9.17, 15) is 0 Å². The number of fused-ring (bicyclic) bond motifs is 2. The number of halogens is 5. The summed E-state index contributed by atoms with van der Waals surface area (Å²) in [6, 6.07) is 14.1. The predicted octanol–water partition coefficient (Wildman–Crippen LogP) is 5.65. The molecule has 2 heterocycles. The van der Waals surface area contributed by atoms with Crippen molar-refractivity contribution in [1.82, 2.24) is 0 Å². The predicted molar refractivity (Wildman–Crippen MR) is 164 cm³/mol. The van der Waals surface area contributed by atoms with Crippen molar-refractivity contribution in [3.8, 4) is 0 Å². The van der Waals surface area contributed by atoms with Crippen LogP contribution >= 0.6 is 88.6 Å². The molecule has 0 spiro atoms. The summed E-state index contributed by atoms with van der Waals surface area (Å²) < 4.78 is 9.51. The Morgan fingerprint density at radius 1 is 0.909 bits per heavy atom. The van der Waals surface area contributed by atoms with Crippen molar-refractivity contribution < 1.29 is 61.6 Å². The van der Waals surface area contributed by atoms with E-state index >= 15 is 0 Å². The van der Waals surface area contributed by atoms with Crippen LogP contribution in [0.5, 0.6) is 0 Å². The van der Waals surface area contributed by atoms with Crippen molar-refractivity contribution in [1.29, 1.82) is 0 Å². The van der Waals surface area contributed by atoms with E-state index in [1.54, 1.807) is 0 Å². The smallest absolute Gasteiger partial charge is 0.870 e. The Bertz CT molecular complexity index is 908. The second-order valence-electron chi connectivity index (χ2n) is 8.15. The molecular weight excluding hydrogens is 841 g/mol. The Labute approximate surface area is 289 Å². The summed E-state index contributed by atoms with van der Waals surface area (Å²) in [7, 11) is -0.878. The molecule has 0 amide bonds. The largest absolute Gasteiger partial charge is 1.00 e. The molecule has 2 aliphatic heterocycles. The third-order valence-electron chi connectivity index (χ3n) is 4.44. The van der Waals surface area contributed by atoms with Crippen LogP contribution in [-0.4, -0.2) is 33.7 Å². The monoisotopic (exact) mass is 864 g/mol. The minimum Gasteiger partial charge on any atom is -0.870 e. The van der Waals surface area contributed by atoms with Gasteiger partial charge < -0.3 is 10.2 Å². The third kappa shape index (κ3) is 13.1. The number of nitrogens with zero attached hydrogens (tertiary/aromatic N) is 2. The summed E-state index contributed by atoms with van der Waals surface area (Å²) in [4.78, 5) is 8.66. The number of ether oxygens (including phenoxy) is 1. The quantitative estimate of drug-likeness (QED) is 0.173. The Morgan fingerprint density at radius 3 is 1.70 bits per heavy atom. The molecule has 4 rings (SSSR count). The maximum Gasteiger partial charge on any atom is 1.00 e. The van der Waals surface area contributed by atoms with Crippen molar-refractivity contribution in [2.45, 2.75) is 38.8 Å². The first-order valence-corrected chi connectivity index (χ1v) is 17.7. The average Bonchev–Trinajstić information content (AvgIpc) is 3.25.